The Morgan fingerprint density at radius 1 is 1.38 bits per heavy atom. The lowest BCUT2D eigenvalue weighted by molar-refractivity contribution is -0.138. The number of carboxylic acid groups (broad SMARTS) is 1. The van der Waals surface area contributed by atoms with E-state index in [4.69, 9.17) is 10.8 Å². The summed E-state index contributed by atoms with van der Waals surface area (Å²) >= 11 is 0. The van der Waals surface area contributed by atoms with Crippen LogP contribution in [-0.2, 0) is 21.2 Å². The second-order valence-electron chi connectivity index (χ2n) is 4.65. The summed E-state index contributed by atoms with van der Waals surface area (Å²) in [7, 11) is -3.81. The number of aliphatic carboxylic acids is 1. The van der Waals surface area contributed by atoms with E-state index < -0.39 is 22.0 Å². The van der Waals surface area contributed by atoms with Crippen LogP contribution in [0.15, 0.2) is 41.7 Å². The van der Waals surface area contributed by atoms with Crippen LogP contribution >= 0.6 is 0 Å². The summed E-state index contributed by atoms with van der Waals surface area (Å²) in [5.41, 5.74) is 6.61. The van der Waals surface area contributed by atoms with E-state index in [0.717, 1.165) is 15.9 Å². The van der Waals surface area contributed by atoms with Crippen LogP contribution in [0.2, 0.25) is 0 Å². The normalized spacial score (nSPS) is 13.0. The predicted molar refractivity (Wildman–Crippen MR) is 75.3 cm³/mol. The van der Waals surface area contributed by atoms with E-state index in [9.17, 15) is 13.2 Å². The number of benzene rings is 1. The number of carboxylic acids is 1. The molecule has 0 unspecified atom stereocenters. The van der Waals surface area contributed by atoms with E-state index in [0.29, 0.717) is 0 Å². The minimum absolute atomic E-state index is 0.108. The molecule has 7 nitrogen and oxygen atoms in total. The van der Waals surface area contributed by atoms with Crippen molar-refractivity contribution in [3.8, 4) is 0 Å². The first-order chi connectivity index (χ1) is 9.82. The van der Waals surface area contributed by atoms with Gasteiger partial charge in [0.1, 0.15) is 12.4 Å². The third kappa shape index (κ3) is 3.11. The molecule has 2 rings (SSSR count). The molecular formula is C13H15N3O4S. The number of aromatic nitrogens is 2. The second kappa shape index (κ2) is 5.66. The van der Waals surface area contributed by atoms with Gasteiger partial charge in [-0.2, -0.15) is 0 Å². The zero-order valence-corrected chi connectivity index (χ0v) is 12.1. The molecule has 0 radical (unpaired) electrons. The van der Waals surface area contributed by atoms with Gasteiger partial charge in [0.25, 0.3) is 10.0 Å². The minimum Gasteiger partial charge on any atom is -0.480 e. The maximum atomic E-state index is 12.5. The van der Waals surface area contributed by atoms with E-state index in [-0.39, 0.29) is 17.0 Å². The number of rotatable bonds is 5. The van der Waals surface area contributed by atoms with Gasteiger partial charge in [0.05, 0.1) is 10.6 Å². The monoisotopic (exact) mass is 309 g/mol. The number of hydrogen-bond acceptors (Lipinski definition) is 5. The molecule has 1 aromatic carbocycles. The quantitative estimate of drug-likeness (QED) is 0.825. The maximum absolute atomic E-state index is 12.5. The van der Waals surface area contributed by atoms with Crippen LogP contribution in [0.25, 0.3) is 0 Å². The minimum atomic E-state index is -3.81. The van der Waals surface area contributed by atoms with Gasteiger partial charge in [-0.15, -0.1) is 0 Å². The Hall–Kier alpha value is -2.19. The number of imidazole rings is 1. The van der Waals surface area contributed by atoms with Crippen molar-refractivity contribution in [3.05, 3.63) is 48.0 Å². The van der Waals surface area contributed by atoms with E-state index in [1.54, 1.807) is 12.1 Å². The summed E-state index contributed by atoms with van der Waals surface area (Å²) < 4.78 is 26.0. The van der Waals surface area contributed by atoms with Gasteiger partial charge in [-0.05, 0) is 19.1 Å². The Morgan fingerprint density at radius 2 is 2.00 bits per heavy atom. The van der Waals surface area contributed by atoms with Crippen molar-refractivity contribution in [2.75, 3.05) is 0 Å². The molecule has 3 N–H and O–H groups in total. The number of carbonyl (C=O) groups is 1. The predicted octanol–water partition coefficient (Wildman–Crippen LogP) is 0.383. The fourth-order valence-corrected chi connectivity index (χ4v) is 3.12. The summed E-state index contributed by atoms with van der Waals surface area (Å²) in [5.74, 6) is -1.20. The van der Waals surface area contributed by atoms with Gasteiger partial charge in [0.15, 0.2) is 0 Å². The molecule has 0 amide bonds. The number of aryl methyl sites for hydroxylation is 1. The van der Waals surface area contributed by atoms with Crippen molar-refractivity contribution in [2.24, 2.45) is 5.73 Å². The number of nitrogens with zero attached hydrogens (tertiary/aromatic N) is 2. The van der Waals surface area contributed by atoms with E-state index >= 15 is 0 Å². The largest absolute Gasteiger partial charge is 0.480 e. The van der Waals surface area contributed by atoms with Crippen LogP contribution in [0.4, 0.5) is 0 Å². The van der Waals surface area contributed by atoms with Gasteiger partial charge in [-0.3, -0.25) is 4.79 Å². The van der Waals surface area contributed by atoms with Crippen molar-refractivity contribution < 1.29 is 18.3 Å². The molecule has 0 aliphatic carbocycles. The van der Waals surface area contributed by atoms with Crippen LogP contribution in [-0.4, -0.2) is 34.5 Å². The summed E-state index contributed by atoms with van der Waals surface area (Å²) in [6.45, 7) is 1.85. The Kier molecular flexibility index (Phi) is 4.10. The van der Waals surface area contributed by atoms with E-state index in [2.05, 4.69) is 4.98 Å². The van der Waals surface area contributed by atoms with Crippen LogP contribution in [0.3, 0.4) is 0 Å². The maximum Gasteiger partial charge on any atom is 0.320 e. The fraction of sp³-hybridized carbons (Fsp3) is 0.231. The van der Waals surface area contributed by atoms with Gasteiger partial charge in [0, 0.05) is 12.6 Å². The zero-order valence-electron chi connectivity index (χ0n) is 11.3. The lowest BCUT2D eigenvalue weighted by atomic mass is 10.2. The Bertz CT molecular complexity index is 750. The van der Waals surface area contributed by atoms with Crippen molar-refractivity contribution in [1.82, 2.24) is 8.96 Å². The van der Waals surface area contributed by atoms with Gasteiger partial charge < -0.3 is 10.8 Å². The summed E-state index contributed by atoms with van der Waals surface area (Å²) in [6.07, 6.45) is 2.31. The molecule has 0 aliphatic rings. The molecule has 1 atom stereocenters. The second-order valence-corrected chi connectivity index (χ2v) is 6.46. The number of nitrogens with two attached hydrogens (primary N) is 1. The lowest BCUT2D eigenvalue weighted by Gasteiger charge is -2.11. The summed E-state index contributed by atoms with van der Waals surface area (Å²) in [4.78, 5) is 14.7. The van der Waals surface area contributed by atoms with E-state index in [1.165, 1.54) is 18.3 Å². The molecule has 8 heteroatoms. The highest BCUT2D eigenvalue weighted by molar-refractivity contribution is 7.90. The highest BCUT2D eigenvalue weighted by Crippen LogP contribution is 2.17. The molecule has 0 saturated heterocycles. The van der Waals surface area contributed by atoms with Gasteiger partial charge in [-0.25, -0.2) is 17.4 Å². The number of hydrogen-bond donors (Lipinski definition) is 2. The SMILES string of the molecule is Cc1ccc(S(=O)(=O)n2cncc2C[C@H](N)C(=O)O)cc1. The van der Waals surface area contributed by atoms with Gasteiger partial charge in [0.2, 0.25) is 0 Å². The third-order valence-electron chi connectivity index (χ3n) is 3.00. The van der Waals surface area contributed by atoms with Gasteiger partial charge >= 0.3 is 5.97 Å². The highest BCUT2D eigenvalue weighted by atomic mass is 32.2. The topological polar surface area (TPSA) is 115 Å². The molecule has 0 bridgehead atoms. The standard InChI is InChI=1S/C13H15N3O4S/c1-9-2-4-11(5-3-9)21(19,20)16-8-15-7-10(16)6-12(14)13(17)18/h2-5,7-8,12H,6,14H2,1H3,(H,17,18)/t12-/m0/s1. The Labute approximate surface area is 122 Å². The smallest absolute Gasteiger partial charge is 0.320 e. The third-order valence-corrected chi connectivity index (χ3v) is 4.72. The van der Waals surface area contributed by atoms with Crippen molar-refractivity contribution in [2.45, 2.75) is 24.3 Å². The fourth-order valence-electron chi connectivity index (χ4n) is 1.81. The van der Waals surface area contributed by atoms with Crippen molar-refractivity contribution >= 4 is 16.0 Å². The lowest BCUT2D eigenvalue weighted by Crippen LogP contribution is -2.33. The van der Waals surface area contributed by atoms with Gasteiger partial charge in [-0.1, -0.05) is 17.7 Å². The molecule has 0 saturated carbocycles. The summed E-state index contributed by atoms with van der Waals surface area (Å²) in [5, 5.41) is 8.82. The molecule has 21 heavy (non-hydrogen) atoms. The molecule has 0 aliphatic heterocycles. The molecule has 1 heterocycles. The summed E-state index contributed by atoms with van der Waals surface area (Å²) in [6, 6.07) is 5.17. The first kappa shape index (κ1) is 15.2. The first-order valence-corrected chi connectivity index (χ1v) is 7.58. The van der Waals surface area contributed by atoms with Crippen LogP contribution in [0.5, 0.6) is 0 Å². The first-order valence-electron chi connectivity index (χ1n) is 6.14. The Balaban J connectivity index is 2.40. The molecule has 2 aromatic rings. The average molecular weight is 309 g/mol. The highest BCUT2D eigenvalue weighted by Gasteiger charge is 2.22. The van der Waals surface area contributed by atoms with Crippen LogP contribution in [0, 0.1) is 6.92 Å². The molecular weight excluding hydrogens is 294 g/mol. The Morgan fingerprint density at radius 3 is 2.57 bits per heavy atom. The molecule has 0 fully saturated rings. The van der Waals surface area contributed by atoms with Crippen LogP contribution in [0.1, 0.15) is 11.3 Å². The van der Waals surface area contributed by atoms with Crippen molar-refractivity contribution in [3.63, 3.8) is 0 Å². The average Bonchev–Trinajstić information content (AvgIpc) is 2.88. The van der Waals surface area contributed by atoms with Crippen LogP contribution < -0.4 is 5.73 Å². The zero-order chi connectivity index (χ0) is 15.6. The molecule has 0 spiro atoms. The molecule has 112 valence electrons. The van der Waals surface area contributed by atoms with Crippen molar-refractivity contribution in [1.29, 1.82) is 0 Å². The van der Waals surface area contributed by atoms with E-state index in [1.807, 2.05) is 6.92 Å². The molecule has 1 aromatic heterocycles.